The number of carbonyl (C=O) groups is 3. The van der Waals surface area contributed by atoms with Crippen LogP contribution >= 0.6 is 11.3 Å². The molecule has 4 aromatic rings. The zero-order chi connectivity index (χ0) is 28.4. The monoisotopic (exact) mass is 569 g/mol. The number of likely N-dealkylation sites (N-methyl/N-ethyl adjacent to an activating group) is 1. The number of benzene rings is 1. The van der Waals surface area contributed by atoms with Crippen LogP contribution in [0.15, 0.2) is 60.4 Å². The van der Waals surface area contributed by atoms with E-state index in [0.717, 1.165) is 21.4 Å². The Bertz CT molecular complexity index is 1650. The number of hydrogen-bond donors (Lipinski definition) is 3. The number of hydrogen-bond acceptors (Lipinski definition) is 8. The summed E-state index contributed by atoms with van der Waals surface area (Å²) in [5.74, 6) is -1.22. The lowest BCUT2D eigenvalue weighted by atomic mass is 10.1. The summed E-state index contributed by atoms with van der Waals surface area (Å²) in [5.41, 5.74) is 2.26. The molecule has 14 heteroatoms. The molecule has 3 N–H and O–H groups in total. The smallest absolute Gasteiger partial charge is 0.253 e. The first-order valence-electron chi connectivity index (χ1n) is 11.7. The fraction of sp³-hybridized carbons (Fsp3) is 0.240. The van der Waals surface area contributed by atoms with Gasteiger partial charge in [0.05, 0.1) is 29.8 Å². The first-order valence-corrected chi connectivity index (χ1v) is 14.4. The predicted octanol–water partition coefficient (Wildman–Crippen LogP) is 2.13. The third kappa shape index (κ3) is 6.23. The van der Waals surface area contributed by atoms with Gasteiger partial charge in [-0.05, 0) is 32.0 Å². The summed E-state index contributed by atoms with van der Waals surface area (Å²) in [6.07, 6.45) is 5.21. The van der Waals surface area contributed by atoms with E-state index in [9.17, 15) is 22.8 Å². The van der Waals surface area contributed by atoms with Gasteiger partial charge in [-0.1, -0.05) is 18.2 Å². The molecule has 4 rings (SSSR count). The van der Waals surface area contributed by atoms with Crippen LogP contribution in [0.5, 0.6) is 0 Å². The Morgan fingerprint density at radius 2 is 1.77 bits per heavy atom. The Hall–Kier alpha value is -4.30. The van der Waals surface area contributed by atoms with Gasteiger partial charge >= 0.3 is 0 Å². The maximum Gasteiger partial charge on any atom is 0.253 e. The highest BCUT2D eigenvalue weighted by Gasteiger charge is 2.29. The van der Waals surface area contributed by atoms with E-state index in [0.29, 0.717) is 16.5 Å². The van der Waals surface area contributed by atoms with Crippen molar-refractivity contribution in [3.05, 3.63) is 65.9 Å². The Morgan fingerprint density at radius 3 is 2.44 bits per heavy atom. The topological polar surface area (TPSA) is 157 Å². The zero-order valence-corrected chi connectivity index (χ0v) is 23.3. The molecule has 0 radical (unpaired) electrons. The lowest BCUT2D eigenvalue weighted by Crippen LogP contribution is -2.43. The van der Waals surface area contributed by atoms with Crippen LogP contribution in [0.1, 0.15) is 24.2 Å². The van der Waals surface area contributed by atoms with E-state index in [4.69, 9.17) is 0 Å². The Kier molecular flexibility index (Phi) is 7.70. The van der Waals surface area contributed by atoms with Crippen molar-refractivity contribution in [2.24, 2.45) is 0 Å². The molecule has 0 aliphatic rings. The largest absolute Gasteiger partial charge is 0.357 e. The number of rotatable bonds is 9. The average Bonchev–Trinajstić information content (AvgIpc) is 3.67. The second-order valence-corrected chi connectivity index (χ2v) is 11.9. The van der Waals surface area contributed by atoms with Gasteiger partial charge < -0.3 is 16.0 Å². The number of amides is 3. The molecule has 39 heavy (non-hydrogen) atoms. The van der Waals surface area contributed by atoms with Gasteiger partial charge in [-0.15, -0.1) is 11.3 Å². The van der Waals surface area contributed by atoms with Gasteiger partial charge in [0.15, 0.2) is 5.13 Å². The van der Waals surface area contributed by atoms with E-state index in [1.165, 1.54) is 29.8 Å². The van der Waals surface area contributed by atoms with E-state index in [2.05, 4.69) is 26.0 Å². The molecule has 0 atom stereocenters. The van der Waals surface area contributed by atoms with Crippen molar-refractivity contribution in [3.8, 4) is 22.5 Å². The Balaban J connectivity index is 1.39. The fourth-order valence-corrected chi connectivity index (χ4v) is 4.97. The van der Waals surface area contributed by atoms with Gasteiger partial charge in [-0.25, -0.2) is 13.4 Å². The third-order valence-corrected chi connectivity index (χ3v) is 7.62. The standard InChI is InChI=1S/C25H27N7O5S2/c1-25(2,23(35)26-3)32-11-9-19(30-32)16-6-5-7-17(12-16)20-15-38-24(28-20)29-21(33)13-27-22(34)18-8-10-31(14-18)39(4,36)37/h5-12,14-15H,13H2,1-4H3,(H,26,35)(H,27,34)(H,28,29,33). The number of aromatic nitrogens is 4. The number of carbonyl (C=O) groups excluding carboxylic acids is 3. The van der Waals surface area contributed by atoms with Crippen molar-refractivity contribution in [2.45, 2.75) is 19.4 Å². The highest BCUT2D eigenvalue weighted by Crippen LogP contribution is 2.29. The van der Waals surface area contributed by atoms with Crippen molar-refractivity contribution in [3.63, 3.8) is 0 Å². The van der Waals surface area contributed by atoms with Crippen LogP contribution in [0.4, 0.5) is 5.13 Å². The number of anilines is 1. The lowest BCUT2D eigenvalue weighted by Gasteiger charge is -2.23. The number of nitrogens with one attached hydrogen (secondary N) is 3. The average molecular weight is 570 g/mol. The summed E-state index contributed by atoms with van der Waals surface area (Å²) in [6, 6.07) is 10.8. The maximum absolute atomic E-state index is 12.4. The van der Waals surface area contributed by atoms with E-state index < -0.39 is 27.4 Å². The van der Waals surface area contributed by atoms with Crippen LogP contribution < -0.4 is 16.0 Å². The van der Waals surface area contributed by atoms with Gasteiger partial charge in [-0.3, -0.25) is 23.0 Å². The third-order valence-electron chi connectivity index (χ3n) is 5.87. The van der Waals surface area contributed by atoms with Crippen LogP contribution in [0.25, 0.3) is 22.5 Å². The minimum atomic E-state index is -3.50. The predicted molar refractivity (Wildman–Crippen MR) is 148 cm³/mol. The van der Waals surface area contributed by atoms with Crippen molar-refractivity contribution >= 4 is 44.2 Å². The van der Waals surface area contributed by atoms with Crippen LogP contribution in [-0.2, 0) is 25.2 Å². The second-order valence-electron chi connectivity index (χ2n) is 9.13. The summed E-state index contributed by atoms with van der Waals surface area (Å²) in [4.78, 5) is 41.3. The molecule has 0 fully saturated rings. The molecule has 12 nitrogen and oxygen atoms in total. The molecule has 0 unspecified atom stereocenters. The molecule has 0 aliphatic carbocycles. The van der Waals surface area contributed by atoms with Gasteiger partial charge in [0.25, 0.3) is 5.91 Å². The number of nitrogens with zero attached hydrogens (tertiary/aromatic N) is 4. The van der Waals surface area contributed by atoms with Crippen LogP contribution in [0.2, 0.25) is 0 Å². The van der Waals surface area contributed by atoms with Crippen LogP contribution in [0.3, 0.4) is 0 Å². The molecule has 3 aromatic heterocycles. The SMILES string of the molecule is CNC(=O)C(C)(C)n1ccc(-c2cccc(-c3csc(NC(=O)CNC(=O)c4ccn(S(C)(=O)=O)c4)n3)c2)n1. The molecule has 0 saturated heterocycles. The molecule has 3 amide bonds. The van der Waals surface area contributed by atoms with Crippen molar-refractivity contribution in [1.82, 2.24) is 29.4 Å². The van der Waals surface area contributed by atoms with E-state index in [1.54, 1.807) is 37.2 Å². The maximum atomic E-state index is 12.4. The molecule has 1 aromatic carbocycles. The Morgan fingerprint density at radius 1 is 1.05 bits per heavy atom. The van der Waals surface area contributed by atoms with Gasteiger partial charge in [-0.2, -0.15) is 5.10 Å². The second kappa shape index (κ2) is 10.8. The molecule has 0 saturated carbocycles. The molecule has 204 valence electrons. The molecule has 0 spiro atoms. The fourth-order valence-electron chi connectivity index (χ4n) is 3.64. The minimum absolute atomic E-state index is 0.117. The van der Waals surface area contributed by atoms with Crippen molar-refractivity contribution in [1.29, 1.82) is 0 Å². The summed E-state index contributed by atoms with van der Waals surface area (Å²) in [7, 11) is -1.92. The number of thiazole rings is 1. The van der Waals surface area contributed by atoms with E-state index in [-0.39, 0.29) is 18.0 Å². The minimum Gasteiger partial charge on any atom is -0.357 e. The Labute approximate surface area is 229 Å². The zero-order valence-electron chi connectivity index (χ0n) is 21.6. The first kappa shape index (κ1) is 27.7. The summed E-state index contributed by atoms with van der Waals surface area (Å²) >= 11 is 1.23. The van der Waals surface area contributed by atoms with E-state index in [1.807, 2.05) is 30.3 Å². The quantitative estimate of drug-likeness (QED) is 0.279. The van der Waals surface area contributed by atoms with Crippen LogP contribution in [0, 0.1) is 0 Å². The summed E-state index contributed by atoms with van der Waals surface area (Å²) in [6.45, 7) is 3.25. The lowest BCUT2D eigenvalue weighted by molar-refractivity contribution is -0.128. The molecule has 0 aliphatic heterocycles. The highest BCUT2D eigenvalue weighted by molar-refractivity contribution is 7.89. The van der Waals surface area contributed by atoms with Gasteiger partial charge in [0.1, 0.15) is 5.54 Å². The molecular weight excluding hydrogens is 542 g/mol. The van der Waals surface area contributed by atoms with Gasteiger partial charge in [0, 0.05) is 42.1 Å². The molecule has 3 heterocycles. The summed E-state index contributed by atoms with van der Waals surface area (Å²) < 4.78 is 25.6. The van der Waals surface area contributed by atoms with Crippen molar-refractivity contribution in [2.75, 3.05) is 25.2 Å². The normalized spacial score (nSPS) is 11.7. The first-order chi connectivity index (χ1) is 18.4. The van der Waals surface area contributed by atoms with Crippen LogP contribution in [-0.4, -0.2) is 64.7 Å². The van der Waals surface area contributed by atoms with Gasteiger partial charge in [0.2, 0.25) is 21.8 Å². The molecule has 0 bridgehead atoms. The summed E-state index contributed by atoms with van der Waals surface area (Å²) in [5, 5.41) is 14.5. The molecular formula is C25H27N7O5S2. The van der Waals surface area contributed by atoms with Crippen molar-refractivity contribution < 1.29 is 22.8 Å². The highest BCUT2D eigenvalue weighted by atomic mass is 32.2. The van der Waals surface area contributed by atoms with E-state index >= 15 is 0 Å².